The van der Waals surface area contributed by atoms with Crippen LogP contribution in [0.25, 0.3) is 11.1 Å². The topological polar surface area (TPSA) is 119 Å². The molecule has 172 valence electrons. The molecule has 1 aliphatic rings. The summed E-state index contributed by atoms with van der Waals surface area (Å²) in [7, 11) is 0. The molecule has 4 rings (SSSR count). The highest BCUT2D eigenvalue weighted by Crippen LogP contribution is 2.29. The third kappa shape index (κ3) is 5.06. The molecule has 0 unspecified atom stereocenters. The molecule has 0 aliphatic heterocycles. The fourth-order valence-corrected chi connectivity index (χ4v) is 3.90. The third-order valence-electron chi connectivity index (χ3n) is 5.62. The normalized spacial score (nSPS) is 18.1. The molecule has 1 aromatic carbocycles. The van der Waals surface area contributed by atoms with E-state index in [1.807, 2.05) is 0 Å². The summed E-state index contributed by atoms with van der Waals surface area (Å²) in [5, 5.41) is 5.92. The van der Waals surface area contributed by atoms with Crippen molar-refractivity contribution in [1.82, 2.24) is 9.97 Å². The van der Waals surface area contributed by atoms with Crippen LogP contribution in [0.3, 0.4) is 0 Å². The summed E-state index contributed by atoms with van der Waals surface area (Å²) in [6.07, 6.45) is 6.34. The van der Waals surface area contributed by atoms with Gasteiger partial charge in [0.25, 0.3) is 5.91 Å². The lowest BCUT2D eigenvalue weighted by Gasteiger charge is -2.30. The second-order valence-electron chi connectivity index (χ2n) is 7.99. The van der Waals surface area contributed by atoms with E-state index in [9.17, 15) is 18.0 Å². The largest absolute Gasteiger partial charge is 0.365 e. The Morgan fingerprint density at radius 3 is 2.55 bits per heavy atom. The van der Waals surface area contributed by atoms with Crippen LogP contribution in [0.1, 0.15) is 36.0 Å². The molecule has 1 aliphatic carbocycles. The number of anilines is 3. The first kappa shape index (κ1) is 22.5. The molecule has 2 atom stereocenters. The molecule has 0 saturated heterocycles. The fraction of sp³-hybridized carbons (Fsp3) is 0.261. The average Bonchev–Trinajstić information content (AvgIpc) is 2.79. The molecule has 0 radical (unpaired) electrons. The lowest BCUT2D eigenvalue weighted by atomic mass is 9.91. The van der Waals surface area contributed by atoms with Crippen molar-refractivity contribution in [1.29, 1.82) is 0 Å². The molecule has 33 heavy (non-hydrogen) atoms. The Labute approximate surface area is 188 Å². The van der Waals surface area contributed by atoms with Gasteiger partial charge in [0.15, 0.2) is 11.6 Å². The Kier molecular flexibility index (Phi) is 6.45. The van der Waals surface area contributed by atoms with Crippen molar-refractivity contribution in [3.63, 3.8) is 0 Å². The van der Waals surface area contributed by atoms with Gasteiger partial charge in [0, 0.05) is 29.4 Å². The van der Waals surface area contributed by atoms with Gasteiger partial charge >= 0.3 is 0 Å². The number of rotatable bonds is 6. The number of amides is 1. The number of nitrogens with one attached hydrogen (secondary N) is 2. The number of halogens is 3. The van der Waals surface area contributed by atoms with E-state index in [-0.39, 0.29) is 34.8 Å². The first-order chi connectivity index (χ1) is 15.8. The minimum Gasteiger partial charge on any atom is -0.365 e. The van der Waals surface area contributed by atoms with Crippen molar-refractivity contribution < 1.29 is 18.0 Å². The van der Waals surface area contributed by atoms with Crippen LogP contribution in [0, 0.1) is 17.5 Å². The standard InChI is InChI=1S/C23H23F3N6O/c24-13-5-6-17(25)15(8-13)12-7-14(11-29-10-12)30-22-16(21(28)33)9-18(26)23(32-22)31-20-4-2-1-3-19(20)27/h5-11,19-20H,1-4,27H2,(H2,28,33)(H2,30,31,32)/t19-,20+/m0/s1. The second-order valence-corrected chi connectivity index (χ2v) is 7.99. The predicted octanol–water partition coefficient (Wildman–Crippen LogP) is 4.09. The van der Waals surface area contributed by atoms with Crippen LogP contribution in [0.4, 0.5) is 30.5 Å². The molecule has 3 aromatic rings. The molecular weight excluding hydrogens is 433 g/mol. The minimum absolute atomic E-state index is 0.00514. The Hall–Kier alpha value is -3.66. The van der Waals surface area contributed by atoms with E-state index in [1.165, 1.54) is 18.5 Å². The number of carbonyl (C=O) groups is 1. The van der Waals surface area contributed by atoms with Crippen LogP contribution < -0.4 is 22.1 Å². The summed E-state index contributed by atoms with van der Waals surface area (Å²) in [6.45, 7) is 0. The van der Waals surface area contributed by atoms with E-state index in [1.54, 1.807) is 0 Å². The van der Waals surface area contributed by atoms with Gasteiger partial charge in [-0.25, -0.2) is 18.2 Å². The zero-order valence-corrected chi connectivity index (χ0v) is 17.6. The maximum absolute atomic E-state index is 14.7. The van der Waals surface area contributed by atoms with Gasteiger partial charge in [-0.2, -0.15) is 0 Å². The molecule has 10 heteroatoms. The SMILES string of the molecule is NC(=O)c1cc(F)c(N[C@@H]2CCCC[C@@H]2N)nc1Nc1cncc(-c2cc(F)ccc2F)c1. The number of hydrogen-bond acceptors (Lipinski definition) is 6. The van der Waals surface area contributed by atoms with Crippen molar-refractivity contribution in [2.45, 2.75) is 37.8 Å². The first-order valence-electron chi connectivity index (χ1n) is 10.5. The van der Waals surface area contributed by atoms with Gasteiger partial charge < -0.3 is 22.1 Å². The third-order valence-corrected chi connectivity index (χ3v) is 5.62. The van der Waals surface area contributed by atoms with E-state index in [0.717, 1.165) is 49.9 Å². The summed E-state index contributed by atoms with van der Waals surface area (Å²) in [5.74, 6) is -2.91. The van der Waals surface area contributed by atoms with Gasteiger partial charge in [-0.1, -0.05) is 12.8 Å². The summed E-state index contributed by atoms with van der Waals surface area (Å²) < 4.78 is 42.5. The summed E-state index contributed by atoms with van der Waals surface area (Å²) in [5.41, 5.74) is 12.0. The van der Waals surface area contributed by atoms with Crippen LogP contribution >= 0.6 is 0 Å². The Balaban J connectivity index is 1.67. The maximum atomic E-state index is 14.7. The quantitative estimate of drug-likeness (QED) is 0.444. The Morgan fingerprint density at radius 1 is 1.00 bits per heavy atom. The monoisotopic (exact) mass is 456 g/mol. The zero-order valence-electron chi connectivity index (χ0n) is 17.6. The van der Waals surface area contributed by atoms with Gasteiger partial charge in [0.1, 0.15) is 17.5 Å². The molecular formula is C23H23F3N6O. The molecule has 2 aromatic heterocycles. The maximum Gasteiger partial charge on any atom is 0.252 e. The Bertz CT molecular complexity index is 1190. The van der Waals surface area contributed by atoms with Crippen molar-refractivity contribution in [3.05, 3.63) is 65.7 Å². The number of pyridine rings is 2. The summed E-state index contributed by atoms with van der Waals surface area (Å²) >= 11 is 0. The number of nitrogens with zero attached hydrogens (tertiary/aromatic N) is 2. The smallest absolute Gasteiger partial charge is 0.252 e. The number of primary amides is 1. The van der Waals surface area contributed by atoms with E-state index in [0.29, 0.717) is 11.3 Å². The van der Waals surface area contributed by atoms with Gasteiger partial charge in [-0.3, -0.25) is 9.78 Å². The lowest BCUT2D eigenvalue weighted by Crippen LogP contribution is -2.43. The fourth-order valence-electron chi connectivity index (χ4n) is 3.90. The van der Waals surface area contributed by atoms with Crippen LogP contribution in [0.5, 0.6) is 0 Å². The van der Waals surface area contributed by atoms with E-state index < -0.39 is 23.4 Å². The zero-order chi connectivity index (χ0) is 23.5. The molecule has 6 N–H and O–H groups in total. The van der Waals surface area contributed by atoms with Gasteiger partial charge in [-0.15, -0.1) is 0 Å². The molecule has 1 fully saturated rings. The summed E-state index contributed by atoms with van der Waals surface area (Å²) in [4.78, 5) is 20.2. The number of benzene rings is 1. The lowest BCUT2D eigenvalue weighted by molar-refractivity contribution is 0.100. The highest BCUT2D eigenvalue weighted by atomic mass is 19.1. The van der Waals surface area contributed by atoms with Crippen LogP contribution in [0.15, 0.2) is 42.7 Å². The van der Waals surface area contributed by atoms with Crippen LogP contribution in [-0.2, 0) is 0 Å². The highest BCUT2D eigenvalue weighted by Gasteiger charge is 2.24. The van der Waals surface area contributed by atoms with E-state index in [4.69, 9.17) is 11.5 Å². The number of nitrogens with two attached hydrogens (primary N) is 2. The molecule has 1 amide bonds. The van der Waals surface area contributed by atoms with Crippen LogP contribution in [0.2, 0.25) is 0 Å². The molecule has 2 heterocycles. The molecule has 0 bridgehead atoms. The second kappa shape index (κ2) is 9.45. The van der Waals surface area contributed by atoms with Gasteiger partial charge in [-0.05, 0) is 43.2 Å². The first-order valence-corrected chi connectivity index (χ1v) is 10.5. The Morgan fingerprint density at radius 2 is 1.79 bits per heavy atom. The van der Waals surface area contributed by atoms with Crippen molar-refractivity contribution in [2.75, 3.05) is 10.6 Å². The van der Waals surface area contributed by atoms with E-state index in [2.05, 4.69) is 20.6 Å². The van der Waals surface area contributed by atoms with Crippen molar-refractivity contribution in [3.8, 4) is 11.1 Å². The molecule has 0 spiro atoms. The minimum atomic E-state index is -0.884. The van der Waals surface area contributed by atoms with Crippen molar-refractivity contribution in [2.24, 2.45) is 11.5 Å². The number of aromatic nitrogens is 2. The van der Waals surface area contributed by atoms with Gasteiger partial charge in [0.05, 0.1) is 17.4 Å². The van der Waals surface area contributed by atoms with Gasteiger partial charge in [0.2, 0.25) is 0 Å². The van der Waals surface area contributed by atoms with Crippen LogP contribution in [-0.4, -0.2) is 28.0 Å². The molecule has 1 saturated carbocycles. The van der Waals surface area contributed by atoms with E-state index >= 15 is 0 Å². The highest BCUT2D eigenvalue weighted by molar-refractivity contribution is 5.98. The molecule has 7 nitrogen and oxygen atoms in total. The predicted molar refractivity (Wildman–Crippen MR) is 119 cm³/mol. The number of carbonyl (C=O) groups excluding carboxylic acids is 1. The number of hydrogen-bond donors (Lipinski definition) is 4. The average molecular weight is 456 g/mol. The summed E-state index contributed by atoms with van der Waals surface area (Å²) in [6, 6.07) is 5.29. The van der Waals surface area contributed by atoms with Crippen molar-refractivity contribution >= 4 is 23.2 Å².